The van der Waals surface area contributed by atoms with Crippen LogP contribution >= 0.6 is 0 Å². The van der Waals surface area contributed by atoms with Gasteiger partial charge in [0.05, 0.1) is 12.1 Å². The van der Waals surface area contributed by atoms with E-state index in [2.05, 4.69) is 9.98 Å². The highest BCUT2D eigenvalue weighted by molar-refractivity contribution is 5.34. The van der Waals surface area contributed by atoms with Gasteiger partial charge in [0.2, 0.25) is 24.3 Å². The molecule has 0 bridgehead atoms. The van der Waals surface area contributed by atoms with Crippen molar-refractivity contribution in [2.75, 3.05) is 0 Å². The second kappa shape index (κ2) is 65.3. The zero-order chi connectivity index (χ0) is 14.2. The lowest BCUT2D eigenvalue weighted by Crippen LogP contribution is -2.20. The molecule has 0 aliphatic heterocycles. The molecule has 0 radical (unpaired) electrons. The Hall–Kier alpha value is -2.48. The third kappa shape index (κ3) is 59.6. The molecular formula is C19H48N4O4. The minimum Gasteiger partial charge on any atom is -0.222 e. The summed E-state index contributed by atoms with van der Waals surface area (Å²) in [6.45, 7) is 0. The number of hydrogen-bond acceptors (Lipinski definition) is 8. The maximum Gasteiger partial charge on any atom is 0.235 e. The number of rotatable bonds is 2. The van der Waals surface area contributed by atoms with Crippen molar-refractivity contribution in [2.24, 2.45) is 9.98 Å². The van der Waals surface area contributed by atoms with Gasteiger partial charge in [0.25, 0.3) is 0 Å². The minimum atomic E-state index is 0. The van der Waals surface area contributed by atoms with E-state index in [4.69, 9.17) is 20.4 Å². The van der Waals surface area contributed by atoms with E-state index in [1.165, 1.54) is 12.2 Å². The zero-order valence-electron chi connectivity index (χ0n) is 9.51. The Morgan fingerprint density at radius 3 is 1.00 bits per heavy atom. The number of nitrogens with one attached hydrogen (secondary N) is 2. The smallest absolute Gasteiger partial charge is 0.222 e. The topological polar surface area (TPSA) is 141 Å². The van der Waals surface area contributed by atoms with Crippen molar-refractivity contribution in [3.63, 3.8) is 0 Å². The van der Waals surface area contributed by atoms with Gasteiger partial charge in [-0.2, -0.15) is 0 Å². The van der Waals surface area contributed by atoms with Gasteiger partial charge in [-0.15, -0.1) is 0 Å². The molecule has 0 saturated heterocycles. The third-order valence-electron chi connectivity index (χ3n) is 2.09. The van der Waals surface area contributed by atoms with E-state index in [-0.39, 0.29) is 78.9 Å². The lowest BCUT2D eigenvalue weighted by molar-refractivity contribution is 0.392. The highest BCUT2D eigenvalue weighted by Gasteiger charge is 2.20. The third-order valence-corrected chi connectivity index (χ3v) is 2.09. The Bertz CT molecular complexity index is 355. The molecule has 1 saturated carbocycles. The lowest BCUT2D eigenvalue weighted by atomic mass is 9.92. The Labute approximate surface area is 169 Å². The molecule has 27 heavy (non-hydrogen) atoms. The summed E-state index contributed by atoms with van der Waals surface area (Å²) >= 11 is 0. The fraction of sp³-hybridized carbons (Fsp3) is 0.789. The Morgan fingerprint density at radius 2 is 0.815 bits per heavy atom. The van der Waals surface area contributed by atoms with Crippen LogP contribution in [0.2, 0.25) is 0 Å². The molecular weight excluding hydrogens is 348 g/mol. The summed E-state index contributed by atoms with van der Waals surface area (Å²) in [7, 11) is 0. The molecule has 0 spiro atoms. The molecule has 0 amide bonds. The SMILES string of the molecule is C.C.C.C.C.C.C.C.C.N=C=O.N=C=O.O=C=NC1CCCC(N=C=O)C1. The van der Waals surface area contributed by atoms with Crippen molar-refractivity contribution in [1.29, 1.82) is 10.8 Å². The Kier molecular flexibility index (Phi) is 179. The van der Waals surface area contributed by atoms with Crippen LogP contribution in [0.5, 0.6) is 0 Å². The van der Waals surface area contributed by atoms with Crippen molar-refractivity contribution >= 4 is 24.3 Å². The number of nitrogens with zero attached hydrogens (tertiary/aromatic N) is 2. The molecule has 0 heterocycles. The molecule has 0 aromatic carbocycles. The Balaban J connectivity index is -0.0000000172. The first-order chi connectivity index (χ1) is 8.69. The summed E-state index contributed by atoms with van der Waals surface area (Å²) in [4.78, 5) is 43.8. The van der Waals surface area contributed by atoms with Gasteiger partial charge in [0.15, 0.2) is 0 Å². The minimum absolute atomic E-state index is 0. The number of hydrogen-bond donors (Lipinski definition) is 2. The molecule has 1 aliphatic carbocycles. The standard InChI is InChI=1S/C8H10N2O2.2CHNO.9CH4/c11-5-9-7-2-1-3-8(4-7)10-6-12;2*2-1-3;;;;;;;;;/h7-8H,1-4H2;2*2H;9*1H4. The molecule has 0 aromatic rings. The summed E-state index contributed by atoms with van der Waals surface area (Å²) in [5, 5.41) is 10.8. The molecule has 1 aliphatic rings. The Morgan fingerprint density at radius 1 is 0.593 bits per heavy atom. The summed E-state index contributed by atoms with van der Waals surface area (Å²) in [6, 6.07) is 0.0247. The summed E-state index contributed by atoms with van der Waals surface area (Å²) in [6.07, 6.45) is 8.02. The lowest BCUT2D eigenvalue weighted by Gasteiger charge is -2.21. The molecule has 1 fully saturated rings. The number of aliphatic imine (C=N–C) groups is 2. The van der Waals surface area contributed by atoms with E-state index in [0.29, 0.717) is 6.42 Å². The van der Waals surface area contributed by atoms with E-state index in [0.717, 1.165) is 31.4 Å². The van der Waals surface area contributed by atoms with Crippen molar-refractivity contribution in [1.82, 2.24) is 0 Å². The monoisotopic (exact) mass is 396 g/mol. The average molecular weight is 397 g/mol. The molecule has 2 N–H and O–H groups in total. The van der Waals surface area contributed by atoms with Crippen LogP contribution in [0.4, 0.5) is 0 Å². The van der Waals surface area contributed by atoms with Crippen LogP contribution in [0.25, 0.3) is 0 Å². The van der Waals surface area contributed by atoms with Crippen molar-refractivity contribution < 1.29 is 19.2 Å². The largest absolute Gasteiger partial charge is 0.235 e. The van der Waals surface area contributed by atoms with E-state index >= 15 is 0 Å². The summed E-state index contributed by atoms with van der Waals surface area (Å²) < 4.78 is 0. The van der Waals surface area contributed by atoms with Crippen molar-refractivity contribution in [3.8, 4) is 0 Å². The normalized spacial score (nSPS) is 13.2. The molecule has 0 aromatic heterocycles. The molecule has 8 nitrogen and oxygen atoms in total. The van der Waals surface area contributed by atoms with Crippen LogP contribution in [-0.2, 0) is 19.2 Å². The van der Waals surface area contributed by atoms with Crippen molar-refractivity contribution in [2.45, 2.75) is 105 Å². The molecule has 168 valence electrons. The maximum absolute atomic E-state index is 9.94. The summed E-state index contributed by atoms with van der Waals surface area (Å²) in [5.41, 5.74) is 0. The van der Waals surface area contributed by atoms with E-state index < -0.39 is 0 Å². The van der Waals surface area contributed by atoms with Crippen LogP contribution in [0.3, 0.4) is 0 Å². The average Bonchev–Trinajstić information content (AvgIpc) is 2.32. The van der Waals surface area contributed by atoms with Crippen LogP contribution in [0.15, 0.2) is 9.98 Å². The number of isocyanates is 4. The first-order valence-electron chi connectivity index (χ1n) is 4.91. The first kappa shape index (κ1) is 74.2. The number of carbonyl (C=O) groups excluding carboxylic acids is 4. The second-order valence-electron chi connectivity index (χ2n) is 3.12. The van der Waals surface area contributed by atoms with Crippen molar-refractivity contribution in [3.05, 3.63) is 0 Å². The van der Waals surface area contributed by atoms with Gasteiger partial charge >= 0.3 is 0 Å². The van der Waals surface area contributed by atoms with Crippen LogP contribution in [0.1, 0.15) is 92.5 Å². The van der Waals surface area contributed by atoms with Gasteiger partial charge in [-0.1, -0.05) is 66.8 Å². The predicted octanol–water partition coefficient (Wildman–Crippen LogP) is 6.50. The van der Waals surface area contributed by atoms with Gasteiger partial charge < -0.3 is 0 Å². The van der Waals surface area contributed by atoms with E-state index in [9.17, 15) is 9.59 Å². The van der Waals surface area contributed by atoms with Gasteiger partial charge in [0.1, 0.15) is 0 Å². The van der Waals surface area contributed by atoms with Gasteiger partial charge in [0, 0.05) is 0 Å². The van der Waals surface area contributed by atoms with E-state index in [1.807, 2.05) is 0 Å². The first-order valence-corrected chi connectivity index (χ1v) is 4.91. The van der Waals surface area contributed by atoms with Crippen LogP contribution in [0, 0.1) is 10.8 Å². The van der Waals surface area contributed by atoms with Crippen LogP contribution < -0.4 is 0 Å². The fourth-order valence-corrected chi connectivity index (χ4v) is 1.52. The molecule has 8 heteroatoms. The fourth-order valence-electron chi connectivity index (χ4n) is 1.52. The molecule has 1 rings (SSSR count). The molecule has 2 unspecified atom stereocenters. The quantitative estimate of drug-likeness (QED) is 0.406. The van der Waals surface area contributed by atoms with E-state index in [1.54, 1.807) is 0 Å². The highest BCUT2D eigenvalue weighted by Crippen LogP contribution is 2.22. The molecule has 2 atom stereocenters. The van der Waals surface area contributed by atoms with Crippen LogP contribution in [-0.4, -0.2) is 36.4 Å². The summed E-state index contributed by atoms with van der Waals surface area (Å²) in [5.74, 6) is 0. The maximum atomic E-state index is 9.94. The highest BCUT2D eigenvalue weighted by atomic mass is 16.1. The zero-order valence-corrected chi connectivity index (χ0v) is 9.51. The van der Waals surface area contributed by atoms with Gasteiger partial charge in [-0.3, -0.25) is 0 Å². The predicted molar refractivity (Wildman–Crippen MR) is 120 cm³/mol. The van der Waals surface area contributed by atoms with Gasteiger partial charge in [-0.25, -0.2) is 40.0 Å². The van der Waals surface area contributed by atoms with Gasteiger partial charge in [-0.05, 0) is 25.7 Å². The second-order valence-corrected chi connectivity index (χ2v) is 3.12.